The zero-order valence-corrected chi connectivity index (χ0v) is 84.7. The van der Waals surface area contributed by atoms with Crippen LogP contribution in [0.2, 0.25) is 0 Å². The van der Waals surface area contributed by atoms with Gasteiger partial charge in [-0.15, -0.1) is 188 Å². The number of aliphatic hydroxyl groups is 2. The van der Waals surface area contributed by atoms with E-state index >= 15 is 0 Å². The van der Waals surface area contributed by atoms with Crippen LogP contribution in [0.4, 0.5) is 13.2 Å². The number of hydrogen-bond acceptors (Lipinski definition) is 12. The Morgan fingerprint density at radius 2 is 0.869 bits per heavy atom. The van der Waals surface area contributed by atoms with Crippen molar-refractivity contribution in [1.82, 2.24) is 39.9 Å². The van der Waals surface area contributed by atoms with Crippen LogP contribution in [-0.4, -0.2) is 69.9 Å². The number of nitrogens with zero attached hydrogens (tertiary/aromatic N) is 10. The second-order valence-corrected chi connectivity index (χ2v) is 30.8. The number of carbonyl (C=O) groups excluding carboxylic acids is 2. The van der Waals surface area contributed by atoms with Crippen molar-refractivity contribution in [3.63, 3.8) is 0 Å². The van der Waals surface area contributed by atoms with Crippen molar-refractivity contribution in [1.29, 1.82) is 0 Å². The van der Waals surface area contributed by atoms with Gasteiger partial charge >= 0.3 is 47.3 Å². The predicted octanol–water partition coefficient (Wildman–Crippen LogP) is 25.7. The van der Waals surface area contributed by atoms with Gasteiger partial charge in [0, 0.05) is 135 Å². The molecule has 2 radical (unpaired) electrons. The maximum Gasteiger partial charge on any atom is 4.00 e. The van der Waals surface area contributed by atoms with Crippen molar-refractivity contribution in [2.24, 2.45) is 0 Å². The maximum absolute atomic E-state index is 11.8. The normalized spacial score (nSPS) is 13.3. The monoisotopic (exact) mass is 2440 g/mol. The third kappa shape index (κ3) is 29.7. The molecule has 0 aliphatic carbocycles. The molecule has 23 heteroatoms. The van der Waals surface area contributed by atoms with Gasteiger partial charge in [-0.3, -0.25) is 19.6 Å². The Kier molecular flexibility index (Phi) is 44.9. The molecule has 0 amide bonds. The number of halogens is 3. The van der Waals surface area contributed by atoms with Crippen LogP contribution in [-0.2, 0) is 91.8 Å². The number of alkyl halides is 3. The van der Waals surface area contributed by atoms with Crippen LogP contribution in [0.15, 0.2) is 318 Å². The first-order chi connectivity index (χ1) is 61.3. The Bertz CT molecular complexity index is 5930. The van der Waals surface area contributed by atoms with Crippen molar-refractivity contribution >= 4 is 90.4 Å². The first-order valence-electron chi connectivity index (χ1n) is 42.1. The van der Waals surface area contributed by atoms with Crippen molar-refractivity contribution in [2.45, 2.75) is 139 Å². The molecule has 0 saturated heterocycles. The van der Waals surface area contributed by atoms with Crippen LogP contribution in [0.1, 0.15) is 138 Å². The first kappa shape index (κ1) is 107. The van der Waals surface area contributed by atoms with Gasteiger partial charge in [-0.05, 0) is 140 Å². The minimum atomic E-state index is -4.87. The number of rotatable bonds is 15. The molecule has 10 aromatic heterocycles. The van der Waals surface area contributed by atoms with Gasteiger partial charge in [-0.1, -0.05) is 215 Å². The Morgan fingerprint density at radius 1 is 0.462 bits per heavy atom. The molecule has 13 heterocycles. The standard InChI is InChI=1S/C36H46N4.C13H8NS.C12H8N2.3C11H8N.C8H5F3O2S.C5H8O2.Eu.2Ir.Pt/c1-9-21-22(10-2)30-18-32-25(13-5)26(14-6)34(39-32)20-36-28(16-8)27(15-7)35(40-36)19-33-24(12-4)23(11-3)31(38-33)17-29(21)37-30;1-2-7-12-10(5-1)9-13(15-12)11-6-3-4-8-14-11;1-3-9-5-6-10-4-2-8-14-12(10)11(9)13-7-1;3*1-2-6-10(7-3-1)11-8-4-5-9-12-11;9-8(10,11)7(13)4-5(12)6-2-1-3-14-6;1-4(6)3-5(2)7;;;;/h17-20,29,35H,9-16H2,1-8H3;1-8H;1-8H;3*1-6,8-9H;1-4,13H;3,6H,1-2H3;;;;/q-4;-1;;3*-1;;;;;+3;+4. The van der Waals surface area contributed by atoms with Crippen molar-refractivity contribution in [2.75, 3.05) is 0 Å². The van der Waals surface area contributed by atoms with Gasteiger partial charge in [0.05, 0.1) is 21.7 Å². The predicted molar refractivity (Wildman–Crippen MR) is 510 cm³/mol. The van der Waals surface area contributed by atoms with Gasteiger partial charge in [0.25, 0.3) is 0 Å². The Morgan fingerprint density at radius 3 is 1.21 bits per heavy atom. The van der Waals surface area contributed by atoms with E-state index in [2.05, 4.69) is 176 Å². The number of aromatic nitrogens is 8. The van der Waals surface area contributed by atoms with E-state index in [0.29, 0.717) is 0 Å². The van der Waals surface area contributed by atoms with Crippen LogP contribution in [0.25, 0.3) is 111 Å². The van der Waals surface area contributed by atoms with Gasteiger partial charge in [-0.25, -0.2) is 11.3 Å². The largest absolute Gasteiger partial charge is 4.00 e. The van der Waals surface area contributed by atoms with E-state index in [0.717, 1.165) is 162 Å². The average Bonchev–Trinajstić information content (AvgIpc) is 1.65. The summed E-state index contributed by atoms with van der Waals surface area (Å²) in [7, 11) is 0. The second-order valence-electron chi connectivity index (χ2n) is 28.8. The van der Waals surface area contributed by atoms with Crippen LogP contribution < -0.4 is 20.7 Å². The van der Waals surface area contributed by atoms with E-state index in [-0.39, 0.29) is 145 Å². The van der Waals surface area contributed by atoms with E-state index in [1.54, 1.807) is 47.7 Å². The SMILES string of the molecule is CC(=O)C=C(C)O.CCC1=C(CC)C2C=c3[n-]c(c(CC)c3CC)=CC3[N-]C(=Cc4[n-]c(c(CC)c4CC)C=C1[N-]2)C(CC)=C3CC.O=C(C=C(O)C(F)(F)F)c1cccs1.[Eu].[Ir+3].[Ir].[Pt+4].[c-]1c(-c2ccccn2)sc2ccccc12.[c-]1ccccc1-c1ccccn1.[c-]1ccccc1-c1ccccn1.[c-]1ccccc1-c1ccccn1.c1cnc2c(c1)ccc1cccnc12. The van der Waals surface area contributed by atoms with Gasteiger partial charge in [0.15, 0.2) is 11.6 Å². The summed E-state index contributed by atoms with van der Waals surface area (Å²) in [6, 6.07) is 83.2. The van der Waals surface area contributed by atoms with E-state index in [1.165, 1.54) is 86.7 Å². The number of ketones is 2. The molecule has 670 valence electrons. The summed E-state index contributed by atoms with van der Waals surface area (Å²) in [4.78, 5) is 58.6. The summed E-state index contributed by atoms with van der Waals surface area (Å²) >= 11 is 2.74. The molecule has 18 rings (SSSR count). The molecule has 2 unspecified atom stereocenters. The van der Waals surface area contributed by atoms with Crippen LogP contribution in [0.3, 0.4) is 0 Å². The molecule has 0 saturated carbocycles. The molecule has 15 aromatic rings. The van der Waals surface area contributed by atoms with Gasteiger partial charge in [0.2, 0.25) is 5.76 Å². The smallest absolute Gasteiger partial charge is 0.675 e. The summed E-state index contributed by atoms with van der Waals surface area (Å²) < 4.78 is 36.6. The van der Waals surface area contributed by atoms with E-state index < -0.39 is 17.7 Å². The maximum atomic E-state index is 11.8. The van der Waals surface area contributed by atoms with E-state index in [9.17, 15) is 22.8 Å². The molecular weight excluding hydrogens is 2340 g/mol. The van der Waals surface area contributed by atoms with Crippen molar-refractivity contribution < 1.29 is 144 Å². The summed E-state index contributed by atoms with van der Waals surface area (Å²) in [6.07, 6.45) is 24.3. The Hall–Kier alpha value is -10.2. The topological polar surface area (TPSA) is 208 Å². The zero-order valence-electron chi connectivity index (χ0n) is 73.6. The fourth-order valence-corrected chi connectivity index (χ4v) is 16.3. The van der Waals surface area contributed by atoms with Crippen LogP contribution >= 0.6 is 22.7 Å². The third-order valence-corrected chi connectivity index (χ3v) is 22.4. The number of pyridine rings is 6. The van der Waals surface area contributed by atoms with Crippen LogP contribution in [0, 0.1) is 73.6 Å². The summed E-state index contributed by atoms with van der Waals surface area (Å²) in [6.45, 7) is 20.9. The number of hydrogen-bond donors (Lipinski definition) is 2. The summed E-state index contributed by atoms with van der Waals surface area (Å²) in [5.74, 6) is -2.79. The zero-order chi connectivity index (χ0) is 89.3. The quantitative estimate of drug-likeness (QED) is 0.0323. The molecule has 5 aromatic carbocycles. The fourth-order valence-electron chi connectivity index (χ4n) is 14.7. The number of carbonyl (C=O) groups is 2. The molecular formula is C107H99EuF3Ir2N10O4PtS2-. The molecule has 130 heavy (non-hydrogen) atoms. The molecule has 3 aliphatic heterocycles. The number of benzene rings is 5. The Labute approximate surface area is 850 Å². The van der Waals surface area contributed by atoms with Gasteiger partial charge < -0.3 is 50.8 Å². The minimum absolute atomic E-state index is 0. The molecule has 0 spiro atoms. The Balaban J connectivity index is 0.000000217. The fraction of sp³-hybridized carbons (Fsp3) is 0.196. The number of fused-ring (bicyclic) bond motifs is 12. The summed E-state index contributed by atoms with van der Waals surface area (Å²) in [5, 5.41) is 34.7. The molecule has 14 nitrogen and oxygen atoms in total. The molecule has 2 N–H and O–H groups in total. The second kappa shape index (κ2) is 54.6. The molecule has 3 aliphatic rings. The number of allylic oxidation sites excluding steroid dienone is 6. The van der Waals surface area contributed by atoms with Crippen molar-refractivity contribution in [3.05, 3.63) is 402 Å². The molecule has 2 atom stereocenters. The van der Waals surface area contributed by atoms with E-state index in [4.69, 9.17) is 30.8 Å². The van der Waals surface area contributed by atoms with E-state index in [1.807, 2.05) is 170 Å². The third-order valence-electron chi connectivity index (χ3n) is 20.4. The minimum Gasteiger partial charge on any atom is -0.675 e. The number of thiophene rings is 2. The average molecular weight is 2440 g/mol. The summed E-state index contributed by atoms with van der Waals surface area (Å²) in [5.41, 5.74) is 24.4. The number of aliphatic hydroxyl groups excluding tert-OH is 2. The molecule has 0 fully saturated rings. The molecule has 8 bridgehead atoms. The first-order valence-corrected chi connectivity index (χ1v) is 43.8. The van der Waals surface area contributed by atoms with Gasteiger partial charge in [-0.2, -0.15) is 13.2 Å². The van der Waals surface area contributed by atoms with Gasteiger partial charge in [0.1, 0.15) is 0 Å². The van der Waals surface area contributed by atoms with Crippen molar-refractivity contribution in [3.8, 4) is 44.3 Å². The van der Waals surface area contributed by atoms with Crippen LogP contribution in [0.5, 0.6) is 0 Å².